The second kappa shape index (κ2) is 25.2. The quantitative estimate of drug-likeness (QED) is 0.0427. The highest BCUT2D eigenvalue weighted by Gasteiger charge is 2.35. The Morgan fingerprint density at radius 3 is 1.82 bits per heavy atom. The first-order chi connectivity index (χ1) is 30.6. The molecule has 7 amide bonds. The van der Waals surface area contributed by atoms with E-state index in [4.69, 9.17) is 21.6 Å². The molecule has 0 aliphatic carbocycles. The van der Waals surface area contributed by atoms with Gasteiger partial charge in [-0.15, -0.1) is 0 Å². The smallest absolute Gasteiger partial charge is 0.336 e. The molecular formula is C46H67N9O10. The summed E-state index contributed by atoms with van der Waals surface area (Å²) in [6.07, 6.45) is 1.16. The highest BCUT2D eigenvalue weighted by Crippen LogP contribution is 2.21. The second-order valence-electron chi connectivity index (χ2n) is 17.2. The van der Waals surface area contributed by atoms with E-state index in [2.05, 4.69) is 31.9 Å². The maximum absolute atomic E-state index is 14.1. The van der Waals surface area contributed by atoms with Crippen molar-refractivity contribution in [3.05, 3.63) is 70.1 Å². The molecule has 7 atom stereocenters. The molecule has 65 heavy (non-hydrogen) atoms. The van der Waals surface area contributed by atoms with E-state index in [1.807, 2.05) is 6.92 Å². The summed E-state index contributed by atoms with van der Waals surface area (Å²) in [6.45, 7) is 12.4. The summed E-state index contributed by atoms with van der Waals surface area (Å²) in [5.74, 6) is -6.07. The third-order valence-electron chi connectivity index (χ3n) is 11.1. The Morgan fingerprint density at radius 2 is 1.26 bits per heavy atom. The number of fused-ring (bicyclic) bond motifs is 1. The van der Waals surface area contributed by atoms with Crippen LogP contribution in [0.4, 0.5) is 5.69 Å². The molecule has 0 radical (unpaired) electrons. The summed E-state index contributed by atoms with van der Waals surface area (Å²) in [4.78, 5) is 106. The van der Waals surface area contributed by atoms with Crippen molar-refractivity contribution >= 4 is 58.0 Å². The Balaban J connectivity index is 1.84. The van der Waals surface area contributed by atoms with Crippen molar-refractivity contribution in [3.63, 3.8) is 0 Å². The maximum Gasteiger partial charge on any atom is 0.336 e. The lowest BCUT2D eigenvalue weighted by atomic mass is 9.96. The number of amides is 7. The lowest BCUT2D eigenvalue weighted by Crippen LogP contribution is -2.61. The van der Waals surface area contributed by atoms with Crippen molar-refractivity contribution in [1.82, 2.24) is 26.6 Å². The molecule has 2 aromatic carbocycles. The van der Waals surface area contributed by atoms with Crippen molar-refractivity contribution in [2.45, 2.75) is 130 Å². The molecule has 19 heteroatoms. The van der Waals surface area contributed by atoms with Crippen molar-refractivity contribution < 1.29 is 43.1 Å². The fourth-order valence-corrected chi connectivity index (χ4v) is 7.00. The van der Waals surface area contributed by atoms with Gasteiger partial charge in [-0.1, -0.05) is 60.1 Å². The van der Waals surface area contributed by atoms with Crippen LogP contribution in [-0.4, -0.2) is 89.3 Å². The number of anilines is 1. The number of aryl methyl sites for hydroxylation is 1. The molecule has 0 saturated carbocycles. The van der Waals surface area contributed by atoms with Gasteiger partial charge in [-0.2, -0.15) is 0 Å². The van der Waals surface area contributed by atoms with Gasteiger partial charge >= 0.3 is 5.63 Å². The Morgan fingerprint density at radius 1 is 0.708 bits per heavy atom. The number of nitrogens with one attached hydrogen (secondary N) is 6. The SMILES string of the molecule is CC[C@H](C)[C@H](NC(=O)[C@@H](NC(=O)[C@H](CCCCN)NC(=O)[C@@H](NC(=O)[C@H](CCC(=O)Nc1ccc2c(C)cc(=O)oc2c1)NC(=O)[C@@H](N)Cc1ccc(O)cc1)C(C)C)C(C)C)C(N)=O. The average molecular weight is 906 g/mol. The van der Waals surface area contributed by atoms with Gasteiger partial charge in [-0.3, -0.25) is 33.6 Å². The van der Waals surface area contributed by atoms with Gasteiger partial charge < -0.3 is 58.6 Å². The number of unbranched alkanes of at least 4 members (excludes halogenated alkanes) is 1. The minimum absolute atomic E-state index is 0.0239. The van der Waals surface area contributed by atoms with E-state index in [0.29, 0.717) is 48.0 Å². The number of benzene rings is 2. The first kappa shape index (κ1) is 53.0. The zero-order chi connectivity index (χ0) is 48.5. The number of primary amides is 1. The molecular weight excluding hydrogens is 839 g/mol. The predicted molar refractivity (Wildman–Crippen MR) is 246 cm³/mol. The van der Waals surface area contributed by atoms with E-state index in [9.17, 15) is 43.5 Å². The van der Waals surface area contributed by atoms with E-state index >= 15 is 0 Å². The number of hydrogen-bond donors (Lipinski definition) is 10. The third kappa shape index (κ3) is 16.3. The topological polar surface area (TPSA) is 320 Å². The van der Waals surface area contributed by atoms with Crippen LogP contribution in [0.25, 0.3) is 11.0 Å². The van der Waals surface area contributed by atoms with E-state index in [1.54, 1.807) is 65.8 Å². The van der Waals surface area contributed by atoms with Gasteiger partial charge in [0.25, 0.3) is 0 Å². The van der Waals surface area contributed by atoms with E-state index in [0.717, 1.165) is 0 Å². The standard InChI is InChI=1S/C46H67N9O10/c1-8-26(6)40(41(49)59)55-46(64)39(25(4)5)54-43(61)33(11-9-10-20-47)52-45(63)38(24(2)3)53-44(62)34(51-42(60)32(48)22-28-12-15-30(56)16-13-28)18-19-36(57)50-29-14-17-31-27(7)21-37(58)65-35(31)23-29/h12-17,21,23-26,32-34,38-40,56H,8-11,18-20,22,47-48H2,1-7H3,(H2,49,59)(H,50,57)(H,51,60)(H,52,63)(H,53,62)(H,54,61)(H,55,64)/t26-,32-,33-,34-,38-,39-,40-/m0/s1. The number of hydrogen-bond acceptors (Lipinski definition) is 12. The van der Waals surface area contributed by atoms with Crippen molar-refractivity contribution in [3.8, 4) is 5.75 Å². The fourth-order valence-electron chi connectivity index (χ4n) is 7.00. The number of phenolic OH excluding ortho intramolecular Hbond substituents is 1. The van der Waals surface area contributed by atoms with E-state index in [1.165, 1.54) is 24.3 Å². The number of nitrogens with two attached hydrogens (primary N) is 3. The van der Waals surface area contributed by atoms with E-state index in [-0.39, 0.29) is 42.9 Å². The Bertz CT molecular complexity index is 2190. The first-order valence-corrected chi connectivity index (χ1v) is 22.0. The zero-order valence-electron chi connectivity index (χ0n) is 38.3. The van der Waals surface area contributed by atoms with Gasteiger partial charge in [0.15, 0.2) is 0 Å². The molecule has 0 bridgehead atoms. The van der Waals surface area contributed by atoms with E-state index < -0.39 is 95.1 Å². The lowest BCUT2D eigenvalue weighted by molar-refractivity contribution is -0.136. The largest absolute Gasteiger partial charge is 0.508 e. The molecule has 19 nitrogen and oxygen atoms in total. The molecule has 1 aromatic heterocycles. The van der Waals surface area contributed by atoms with Gasteiger partial charge in [0, 0.05) is 29.6 Å². The minimum atomic E-state index is -1.38. The number of rotatable bonds is 25. The van der Waals surface area contributed by atoms with Crippen LogP contribution < -0.4 is 54.7 Å². The van der Waals surface area contributed by atoms with Crippen LogP contribution in [0.15, 0.2) is 57.7 Å². The minimum Gasteiger partial charge on any atom is -0.508 e. The number of carbonyl (C=O) groups is 7. The third-order valence-corrected chi connectivity index (χ3v) is 11.1. The molecule has 0 spiro atoms. The number of carbonyl (C=O) groups excluding carboxylic acids is 7. The lowest BCUT2D eigenvalue weighted by Gasteiger charge is -2.30. The molecule has 0 unspecified atom stereocenters. The van der Waals surface area contributed by atoms with Crippen LogP contribution in [-0.2, 0) is 40.0 Å². The van der Waals surface area contributed by atoms with Gasteiger partial charge in [0.1, 0.15) is 41.5 Å². The van der Waals surface area contributed by atoms with Crippen LogP contribution in [0.1, 0.15) is 91.2 Å². The Labute approximate surface area is 379 Å². The summed E-state index contributed by atoms with van der Waals surface area (Å²) >= 11 is 0. The second-order valence-corrected chi connectivity index (χ2v) is 17.2. The van der Waals surface area contributed by atoms with Crippen LogP contribution in [0.3, 0.4) is 0 Å². The monoisotopic (exact) mass is 906 g/mol. The summed E-state index contributed by atoms with van der Waals surface area (Å²) < 4.78 is 5.29. The molecule has 0 fully saturated rings. The normalized spacial score (nSPS) is 14.6. The Kier molecular flexibility index (Phi) is 20.6. The summed E-state index contributed by atoms with van der Waals surface area (Å²) in [7, 11) is 0. The fraction of sp³-hybridized carbons (Fsp3) is 0.522. The van der Waals surface area contributed by atoms with Crippen molar-refractivity contribution in [2.24, 2.45) is 35.0 Å². The average Bonchev–Trinajstić information content (AvgIpc) is 3.24. The summed E-state index contributed by atoms with van der Waals surface area (Å²) in [5, 5.41) is 26.5. The first-order valence-electron chi connectivity index (χ1n) is 22.0. The maximum atomic E-state index is 14.1. The molecule has 3 aromatic rings. The van der Waals surface area contributed by atoms with Crippen molar-refractivity contribution in [1.29, 1.82) is 0 Å². The Hall–Kier alpha value is -6.34. The summed E-state index contributed by atoms with van der Waals surface area (Å²) in [6, 6.07) is 5.21. The molecule has 0 aliphatic rings. The predicted octanol–water partition coefficient (Wildman–Crippen LogP) is 1.49. The van der Waals surface area contributed by atoms with Crippen LogP contribution in [0.5, 0.6) is 5.75 Å². The van der Waals surface area contributed by atoms with Gasteiger partial charge in [0.05, 0.1) is 6.04 Å². The molecule has 356 valence electrons. The number of aromatic hydroxyl groups is 1. The van der Waals surface area contributed by atoms with Gasteiger partial charge in [-0.05, 0) is 98.7 Å². The zero-order valence-corrected chi connectivity index (χ0v) is 38.3. The van der Waals surface area contributed by atoms with Gasteiger partial charge in [0.2, 0.25) is 41.4 Å². The highest BCUT2D eigenvalue weighted by atomic mass is 16.4. The molecule has 13 N–H and O–H groups in total. The molecule has 0 saturated heterocycles. The van der Waals surface area contributed by atoms with Crippen LogP contribution in [0, 0.1) is 24.7 Å². The summed E-state index contributed by atoms with van der Waals surface area (Å²) in [5.41, 5.74) is 18.9. The number of phenols is 1. The molecule has 0 aliphatic heterocycles. The van der Waals surface area contributed by atoms with Crippen molar-refractivity contribution in [2.75, 3.05) is 11.9 Å². The van der Waals surface area contributed by atoms with Gasteiger partial charge in [-0.25, -0.2) is 4.79 Å². The highest BCUT2D eigenvalue weighted by molar-refractivity contribution is 5.98. The molecule has 1 heterocycles. The van der Waals surface area contributed by atoms with Crippen LogP contribution >= 0.6 is 0 Å². The van der Waals surface area contributed by atoms with Crippen LogP contribution in [0.2, 0.25) is 0 Å². The molecule has 3 rings (SSSR count).